The van der Waals surface area contributed by atoms with E-state index in [9.17, 15) is 14.4 Å². The van der Waals surface area contributed by atoms with Gasteiger partial charge in [0.05, 0.1) is 0 Å². The van der Waals surface area contributed by atoms with E-state index in [1.165, 1.54) is 0 Å². The van der Waals surface area contributed by atoms with Gasteiger partial charge in [0.25, 0.3) is 11.8 Å². The number of hydrogen-bond acceptors (Lipinski definition) is 4. The van der Waals surface area contributed by atoms with Crippen LogP contribution >= 0.6 is 0 Å². The molecule has 1 radical (unpaired) electrons. The summed E-state index contributed by atoms with van der Waals surface area (Å²) in [4.78, 5) is 34.7. The van der Waals surface area contributed by atoms with Gasteiger partial charge in [-0.3, -0.25) is 9.59 Å². The summed E-state index contributed by atoms with van der Waals surface area (Å²) in [7, 11) is 0. The van der Waals surface area contributed by atoms with E-state index in [0.717, 1.165) is 6.47 Å². The number of hydroxylamine groups is 2. The number of amides is 2. The molecule has 1 heterocycles. The molecular formula is C6H7NO4V. The number of rotatable bonds is 2. The van der Waals surface area contributed by atoms with Crippen molar-refractivity contribution in [3.8, 4) is 0 Å². The van der Waals surface area contributed by atoms with Gasteiger partial charge in [-0.1, -0.05) is 0 Å². The van der Waals surface area contributed by atoms with E-state index in [0.29, 0.717) is 5.06 Å². The van der Waals surface area contributed by atoms with Crippen molar-refractivity contribution in [2.45, 2.75) is 12.8 Å². The molecule has 0 spiro atoms. The molecule has 2 amide bonds. The summed E-state index contributed by atoms with van der Waals surface area (Å²) in [6.07, 6.45) is 0.223. The Kier molecular flexibility index (Phi) is 6.65. The molecule has 1 aliphatic heterocycles. The molecule has 0 aromatic heterocycles. The number of hydrogen-bond donors (Lipinski definition) is 0. The molecule has 0 saturated carbocycles. The summed E-state index contributed by atoms with van der Waals surface area (Å²) in [5.41, 5.74) is 0. The normalized spacial score (nSPS) is 14.8. The van der Waals surface area contributed by atoms with Crippen molar-refractivity contribution in [2.75, 3.05) is 0 Å². The van der Waals surface area contributed by atoms with Gasteiger partial charge < -0.3 is 17.1 Å². The summed E-state index contributed by atoms with van der Waals surface area (Å²) in [5.74, 6) is -0.985. The first-order chi connectivity index (χ1) is 4.75. The zero-order valence-electron chi connectivity index (χ0n) is 6.44. The molecule has 0 bridgehead atoms. The molecular weight excluding hydrogens is 201 g/mol. The Labute approximate surface area is 81.9 Å². The number of carbonyl (C=O) groups is 2. The molecule has 1 aliphatic rings. The Morgan fingerprint density at radius 3 is 2.00 bits per heavy atom. The van der Waals surface area contributed by atoms with Crippen molar-refractivity contribution in [3.63, 3.8) is 0 Å². The number of nitrogens with zero attached hydrogens (tertiary/aromatic N) is 1. The minimum atomic E-state index is -0.492. The van der Waals surface area contributed by atoms with Crippen molar-refractivity contribution < 1.29 is 37.8 Å². The Balaban J connectivity index is 0. The van der Waals surface area contributed by atoms with Crippen LogP contribution in [0.25, 0.3) is 0 Å². The van der Waals surface area contributed by atoms with Crippen LogP contribution in [0, 0.1) is 7.43 Å². The summed E-state index contributed by atoms with van der Waals surface area (Å²) in [6.45, 7) is 1.00. The van der Waals surface area contributed by atoms with Crippen molar-refractivity contribution >= 4 is 18.3 Å². The van der Waals surface area contributed by atoms with Gasteiger partial charge in [0.15, 0.2) is 0 Å². The van der Waals surface area contributed by atoms with E-state index in [1.807, 2.05) is 0 Å². The zero-order chi connectivity index (χ0) is 7.56. The van der Waals surface area contributed by atoms with E-state index < -0.39 is 11.8 Å². The van der Waals surface area contributed by atoms with Crippen LogP contribution < -0.4 is 0 Å². The van der Waals surface area contributed by atoms with E-state index in [-0.39, 0.29) is 38.8 Å². The van der Waals surface area contributed by atoms with Crippen molar-refractivity contribution in [3.05, 3.63) is 7.43 Å². The summed E-state index contributed by atoms with van der Waals surface area (Å²) in [6, 6.07) is 0. The van der Waals surface area contributed by atoms with Crippen LogP contribution in [0.5, 0.6) is 0 Å². The monoisotopic (exact) mass is 208 g/mol. The van der Waals surface area contributed by atoms with Gasteiger partial charge in [-0.05, 0) is 6.47 Å². The van der Waals surface area contributed by atoms with Crippen molar-refractivity contribution in [2.24, 2.45) is 0 Å². The summed E-state index contributed by atoms with van der Waals surface area (Å²) in [5, 5.41) is 0.424. The summed E-state index contributed by atoms with van der Waals surface area (Å²) >= 11 is 0. The minimum absolute atomic E-state index is 0. The van der Waals surface area contributed by atoms with Crippen LogP contribution in [0.1, 0.15) is 12.8 Å². The molecule has 5 nitrogen and oxygen atoms in total. The molecule has 0 N–H and O–H groups in total. The van der Waals surface area contributed by atoms with Crippen LogP contribution in [0.2, 0.25) is 0 Å². The third kappa shape index (κ3) is 2.67. The summed E-state index contributed by atoms with van der Waals surface area (Å²) < 4.78 is 0. The van der Waals surface area contributed by atoms with Gasteiger partial charge >= 0.3 is 18.6 Å². The second-order valence-corrected chi connectivity index (χ2v) is 1.76. The van der Waals surface area contributed by atoms with Gasteiger partial charge in [-0.25, -0.2) is 0 Å². The maximum Gasteiger partial charge on any atom is 2.00 e. The van der Waals surface area contributed by atoms with Gasteiger partial charge in [0.1, 0.15) is 0 Å². The zero-order valence-corrected chi connectivity index (χ0v) is 7.84. The molecule has 1 rings (SSSR count). The molecule has 65 valence electrons. The third-order valence-electron chi connectivity index (χ3n) is 1.13. The fourth-order valence-corrected chi connectivity index (χ4v) is 0.695. The Bertz CT molecular complexity index is 178. The van der Waals surface area contributed by atoms with Crippen molar-refractivity contribution in [1.82, 2.24) is 5.06 Å². The van der Waals surface area contributed by atoms with E-state index >= 15 is 0 Å². The van der Waals surface area contributed by atoms with Crippen LogP contribution in [0.4, 0.5) is 0 Å². The second kappa shape index (κ2) is 5.80. The average molecular weight is 208 g/mol. The fraction of sp³-hybridized carbons (Fsp3) is 0.333. The van der Waals surface area contributed by atoms with Gasteiger partial charge in [-0.2, -0.15) is 0 Å². The predicted octanol–water partition coefficient (Wildman–Crippen LogP) is -0.418. The van der Waals surface area contributed by atoms with Crippen LogP contribution in [-0.4, -0.2) is 23.3 Å². The first kappa shape index (κ1) is 13.8. The quantitative estimate of drug-likeness (QED) is 0.456. The topological polar surface area (TPSA) is 63.7 Å². The number of carbonyl (C=O) groups excluding carboxylic acids is 3. The smallest absolute Gasteiger partial charge is 0.536 e. The molecule has 0 unspecified atom stereocenters. The molecule has 12 heavy (non-hydrogen) atoms. The SMILES string of the molecule is O=[C-]ON1C(=O)CCC1=O.[CH3-].[V+2]. The van der Waals surface area contributed by atoms with Crippen LogP contribution in [0.15, 0.2) is 0 Å². The Morgan fingerprint density at radius 1 is 1.25 bits per heavy atom. The second-order valence-electron chi connectivity index (χ2n) is 1.76. The average Bonchev–Trinajstić information content (AvgIpc) is 2.20. The molecule has 0 aromatic carbocycles. The Hall–Kier alpha value is -0.806. The van der Waals surface area contributed by atoms with E-state index in [1.54, 1.807) is 0 Å². The standard InChI is InChI=1S/C5H4NO4.CH3.V/c7-3-10-6-4(8)1-2-5(6)9;;/h1-2H2;1H3;/q2*-1;+2. The maximum atomic E-state index is 10.6. The molecule has 6 heteroatoms. The molecule has 0 aromatic rings. The predicted molar refractivity (Wildman–Crippen MR) is 34.3 cm³/mol. The fourth-order valence-electron chi connectivity index (χ4n) is 0.695. The molecule has 1 saturated heterocycles. The third-order valence-corrected chi connectivity index (χ3v) is 1.13. The first-order valence-electron chi connectivity index (χ1n) is 2.65. The van der Waals surface area contributed by atoms with Gasteiger partial charge in [-0.15, -0.1) is 5.06 Å². The maximum absolute atomic E-state index is 10.6. The Morgan fingerprint density at radius 2 is 1.67 bits per heavy atom. The molecule has 0 aliphatic carbocycles. The largest absolute Gasteiger partial charge is 2.00 e. The van der Waals surface area contributed by atoms with Gasteiger partial charge in [0.2, 0.25) is 0 Å². The minimum Gasteiger partial charge on any atom is -0.536 e. The van der Waals surface area contributed by atoms with E-state index in [4.69, 9.17) is 0 Å². The van der Waals surface area contributed by atoms with Crippen LogP contribution in [-0.2, 0) is 37.8 Å². The molecule has 1 fully saturated rings. The molecule has 0 atom stereocenters. The first-order valence-corrected chi connectivity index (χ1v) is 2.65. The van der Waals surface area contributed by atoms with Crippen molar-refractivity contribution in [1.29, 1.82) is 0 Å². The van der Waals surface area contributed by atoms with Crippen LogP contribution in [0.3, 0.4) is 0 Å². The number of imide groups is 1. The van der Waals surface area contributed by atoms with E-state index in [2.05, 4.69) is 4.84 Å². The van der Waals surface area contributed by atoms with Gasteiger partial charge in [0, 0.05) is 12.8 Å².